The third kappa shape index (κ3) is 34900. The van der Waals surface area contributed by atoms with Crippen LogP contribution < -0.4 is 0 Å². The maximum atomic E-state index is 8.78. The molecule has 0 N–H and O–H groups in total. The van der Waals surface area contributed by atoms with E-state index in [0.717, 1.165) is 0 Å². The predicted octanol–water partition coefficient (Wildman–Crippen LogP) is 53.2. The van der Waals surface area contributed by atoms with Crippen LogP contribution in [0.1, 0.15) is 626 Å². The van der Waals surface area contributed by atoms with Crippen LogP contribution >= 0.6 is 0 Å². The molecule has 0 aromatic carbocycles. The zero-order valence-electron chi connectivity index (χ0n) is 77.1. The lowest BCUT2D eigenvalue weighted by Gasteiger charge is -1.40. The van der Waals surface area contributed by atoms with Gasteiger partial charge >= 0.3 is 0 Å². The van der Waals surface area contributed by atoms with Crippen LogP contribution in [0.3, 0.4) is 0 Å². The minimum atomic E-state index is -1.42. The van der Waals surface area contributed by atoms with Gasteiger partial charge in [0, 0.05) is 42.9 Å². The molecule has 0 unspecified atom stereocenters. The molecule has 0 aliphatic heterocycles. The summed E-state index contributed by atoms with van der Waals surface area (Å²) in [6, 6.07) is 0. The molecule has 0 radical (unpaired) electrons. The Kier molecular flexibility index (Phi) is 185000000. The van der Waals surface area contributed by atoms with Crippen molar-refractivity contribution in [3.63, 3.8) is 0 Å². The first-order chi connectivity index (χ1) is 44.0. The molecule has 0 saturated carbocycles. The van der Waals surface area contributed by atoms with Crippen molar-refractivity contribution in [1.82, 2.24) is 0 Å². The lowest BCUT2D eigenvalue weighted by Crippen LogP contribution is -1.28. The SMILES string of the molecule is C.C.C.C.C.C.C.C.C.C.C.C.C.C.C.C.C.C.C.C.C.C.C.C.C.C.C.C.C.C.C.C.C.C.C.C.C.C.C.C.C.C.C.C.C.C.C.C.C.C.C.C.C.C.C.C.C.C.C.C.C#C.C#C.C#C.C#C.CC#CC.[3H]C.[3H]C.[3H]C.[3H]C.[3H]C.[3H]C.[3H]C.[3H]C.[3H]C#CC.[3H]C#CC.[3H]C#CC.[3H]C#CC.[3H]C#C[3H].[3H]C#C[3H].[3H]C#C[3H].[3H]C([3H])=C.[3H]C([3H])=C.[3H]C([3H])=O.[3H]C([3H])[3H].[3H]C([3H])[3H].[3H][3H].[3H][3H].[3H][3H].[3H][3H].[3H][3H].[3H][3H].[3H][3H].[3H][3H]. The number of carbonyl (C=O) groups excluding carboxylic acids is 1. The highest BCUT2D eigenvalue weighted by atomic mass is 16.1. The van der Waals surface area contributed by atoms with E-state index in [-0.39, 0.29) is 459 Å². The molecule has 1 heteroatoms. The van der Waals surface area contributed by atoms with Gasteiger partial charge in [0.15, 0.2) is 0 Å². The average Bonchev–Trinajstić information content (AvgIpc) is 3.64. The summed E-state index contributed by atoms with van der Waals surface area (Å²) >= 11 is 0. The third-order valence-electron chi connectivity index (χ3n) is 0.250. The highest BCUT2D eigenvalue weighted by molar-refractivity contribution is 5.11. The summed E-state index contributed by atoms with van der Waals surface area (Å²) in [4.78, 5) is 8.78. The van der Waals surface area contributed by atoms with Gasteiger partial charge in [-0.3, -0.25) is 0 Å². The Hall–Kier alpha value is -6.13. The zero-order chi connectivity index (χ0) is 85.2. The molecule has 0 aliphatic carbocycles. The van der Waals surface area contributed by atoms with E-state index in [0.29, 0.717) is 0 Å². The number of carbonyl (C=O) groups is 1. The van der Waals surface area contributed by atoms with Crippen molar-refractivity contribution in [3.8, 4) is 151 Å². The van der Waals surface area contributed by atoms with Crippen LogP contribution in [-0.2, 0) is 4.79 Å². The monoisotopic (exact) mass is 1710 g/mol. The molecular formula is C105H342O. The highest BCUT2D eigenvalue weighted by Gasteiger charge is 1.26. The second-order valence-corrected chi connectivity index (χ2v) is 1.50. The van der Waals surface area contributed by atoms with Gasteiger partial charge in [-0.1, -0.05) is 520 Å². The summed E-state index contributed by atoms with van der Waals surface area (Å²) in [6.45, 7) is 13.9. The van der Waals surface area contributed by atoms with Crippen molar-refractivity contribution in [3.05, 3.63) is 26.2 Å². The van der Waals surface area contributed by atoms with Crippen LogP contribution in [0.2, 0.25) is 0 Å². The topological polar surface area (TPSA) is 17.1 Å². The molecule has 768 valence electrons. The Balaban J connectivity index is -0.00000000257. The summed E-state index contributed by atoms with van der Waals surface area (Å²) < 4.78 is 257. The Morgan fingerprint density at radius 2 is 0.255 bits per heavy atom. The van der Waals surface area contributed by atoms with Gasteiger partial charge < -0.3 is 4.79 Å². The van der Waals surface area contributed by atoms with Gasteiger partial charge in [0.1, 0.15) is 23.2 Å². The van der Waals surface area contributed by atoms with Crippen LogP contribution in [0.15, 0.2) is 26.2 Å². The Labute approximate surface area is 813 Å². The van der Waals surface area contributed by atoms with Gasteiger partial charge in [-0.05, 0) is 41.5 Å². The van der Waals surface area contributed by atoms with E-state index in [1.54, 1.807) is 66.1 Å². The fourth-order valence-corrected chi connectivity index (χ4v) is 0. The van der Waals surface area contributed by atoms with E-state index < -0.39 is 21.5 Å². The fourth-order valence-electron chi connectivity index (χ4n) is 0. The van der Waals surface area contributed by atoms with E-state index in [4.69, 9.17) is 69.7 Å². The minimum absolute atomic E-state index is 0. The van der Waals surface area contributed by atoms with Crippen molar-refractivity contribution in [1.29, 1.82) is 0 Å². The van der Waals surface area contributed by atoms with E-state index in [9.17, 15) is 0 Å². The summed E-state index contributed by atoms with van der Waals surface area (Å²) in [7, 11) is 7.17. The number of terminal acetylenes is 11. The molecule has 0 rings (SSSR count). The standard InChI is InChI=1S/C4H6.4C3H4.2C2H4.7C2H2.CH2O.70CH4.8H2/c1-3-4-2;4*1-3-2;10*1-2;;;;;;;;;;;;;;;;;;;;;;;;;;;;;;;;;;;;;;;;;;;;;;;;;;;;;;;;;;;;;;;;;;;;;;;;;;;;;;/h1-2H3;4*1H,2H3;2*1-2H2;7*1-2H;1H2;70*1H4;8*1H/i;4*1T;2*1T2;3*1T,2T;;;;;1T2;2*1T3;8*1T;;;;;;;;;;;;;;;;;;;;;;;;;;;;;;;;;;;;;;;;;;;;;;;;;;;;;;;;;;;;;8*1+2T. The molecule has 0 aliphatic rings. The number of rotatable bonds is 0. The van der Waals surface area contributed by atoms with Crippen molar-refractivity contribution in [2.75, 3.05) is 0 Å². The van der Waals surface area contributed by atoms with Gasteiger partial charge in [-0.25, -0.2) is 0 Å². The lowest BCUT2D eigenvalue weighted by atomic mass is 10.7. The average molecular weight is 1710 g/mol. The van der Waals surface area contributed by atoms with Crippen LogP contribution in [-0.4, -0.2) is 6.74 Å². The molecule has 0 fully saturated rings. The molecule has 0 aromatic heterocycles. The van der Waals surface area contributed by atoms with Crippen molar-refractivity contribution < 1.29 is 69.7 Å². The van der Waals surface area contributed by atoms with Crippen LogP contribution in [0, 0.1) is 151 Å². The number of hydrogen-bond acceptors (Lipinski definition) is 1. The molecule has 0 atom stereocenters. The largest absolute Gasteiger partial charge is 0.307 e. The summed E-state index contributed by atoms with van der Waals surface area (Å²) in [5, 5.41) is 0. The van der Waals surface area contributed by atoms with Crippen molar-refractivity contribution in [2.45, 2.75) is 561 Å². The Morgan fingerprint density at radius 3 is 0.255 bits per heavy atom. The first-order valence-corrected chi connectivity index (χ1v) is 7.24. The molecule has 0 spiro atoms. The molecule has 0 bridgehead atoms. The quantitative estimate of drug-likeness (QED) is 0.175. The van der Waals surface area contributed by atoms with Gasteiger partial charge in [-0.2, -0.15) is 0 Å². The van der Waals surface area contributed by atoms with E-state index in [1.807, 2.05) is 39.4 Å². The Morgan fingerprint density at radius 1 is 0.226 bits per heavy atom. The second kappa shape index (κ2) is 56000000. The molecule has 0 aromatic rings. The van der Waals surface area contributed by atoms with Gasteiger partial charge in [0.25, 0.3) is 0 Å². The van der Waals surface area contributed by atoms with E-state index in [2.05, 4.69) is 100 Å². The minimum Gasteiger partial charge on any atom is -0.307 e. The smallest absolute Gasteiger partial charge is 0.124 e. The first kappa shape index (κ1) is 349. The Bertz CT molecular complexity index is 1110. The fraction of sp³-hybridized carbons (Fsp3) is 0.724. The highest BCUT2D eigenvalue weighted by Crippen LogP contribution is 1.39. The van der Waals surface area contributed by atoms with Gasteiger partial charge in [0.2, 0.25) is 0 Å². The first-order valence-electron chi connectivity index (χ1n) is 34.7. The van der Waals surface area contributed by atoms with E-state index in [1.165, 1.54) is 59.2 Å². The zero-order valence-corrected chi connectivity index (χ0v) is 31.1. The lowest BCUT2D eigenvalue weighted by molar-refractivity contribution is -0.0980. The summed E-state index contributed by atoms with van der Waals surface area (Å²) in [5.74, 6) is 14.8. The third-order valence-corrected chi connectivity index (χ3v) is 0.250. The van der Waals surface area contributed by atoms with Crippen molar-refractivity contribution in [2.24, 2.45) is 0 Å². The molecule has 0 amide bonds. The van der Waals surface area contributed by atoms with Gasteiger partial charge in [-0.15, -0.1) is 177 Å². The number of hydrogen-bond donors (Lipinski definition) is 0. The molecule has 1 nitrogen and oxygen atoms in total. The van der Waals surface area contributed by atoms with Crippen LogP contribution in [0.5, 0.6) is 0 Å². The molecule has 0 saturated heterocycles. The summed E-state index contributed by atoms with van der Waals surface area (Å²) in [6.07, 6.45) is 49.3. The second-order valence-electron chi connectivity index (χ2n) is 1.50. The maximum Gasteiger partial charge on any atom is 0.124 e. The van der Waals surface area contributed by atoms with Crippen molar-refractivity contribution >= 4 is 6.74 Å². The molecule has 106 heavy (non-hydrogen) atoms. The maximum absolute atomic E-state index is 8.78. The van der Waals surface area contributed by atoms with Crippen LogP contribution in [0.25, 0.3) is 0 Å². The molecule has 0 heterocycles. The molecular weight excluding hydrogens is 1280 g/mol. The van der Waals surface area contributed by atoms with E-state index >= 15 is 0 Å². The van der Waals surface area contributed by atoms with Crippen LogP contribution in [0.4, 0.5) is 0 Å². The van der Waals surface area contributed by atoms with Gasteiger partial charge in [0.05, 0.1) is 5.48 Å². The normalized spacial score (nSPS) is 3.89. The summed E-state index contributed by atoms with van der Waals surface area (Å²) in [5.41, 5.74) is 0. The predicted molar refractivity (Wildman–Crippen MR) is 664 cm³/mol.